The lowest BCUT2D eigenvalue weighted by Gasteiger charge is -2.02. The molecular weight excluding hydrogens is 472 g/mol. The first-order valence-corrected chi connectivity index (χ1v) is 13.1. The van der Waals surface area contributed by atoms with Crippen LogP contribution in [-0.2, 0) is 9.47 Å². The number of allylic oxidation sites excluding steroid dienone is 3. The van der Waals surface area contributed by atoms with Crippen LogP contribution in [0.1, 0.15) is 63.8 Å². The summed E-state index contributed by atoms with van der Waals surface area (Å²) in [6.07, 6.45) is 6.94. The van der Waals surface area contributed by atoms with E-state index in [4.69, 9.17) is 9.47 Å². The molecule has 0 aliphatic rings. The van der Waals surface area contributed by atoms with Crippen molar-refractivity contribution in [2.75, 3.05) is 13.2 Å². The van der Waals surface area contributed by atoms with Crippen LogP contribution >= 0.6 is 34.4 Å². The maximum absolute atomic E-state index is 12.0. The third kappa shape index (κ3) is 10.2. The summed E-state index contributed by atoms with van der Waals surface area (Å²) in [6, 6.07) is 7.36. The predicted molar refractivity (Wildman–Crippen MR) is 139 cm³/mol. The summed E-state index contributed by atoms with van der Waals surface area (Å²) >= 11 is 3.74. The number of unbranched alkanes of at least 4 members (excludes halogenated alkanes) is 2. The Balaban J connectivity index is 1.98. The minimum absolute atomic E-state index is 0.300. The molecule has 0 atom stereocenters. The van der Waals surface area contributed by atoms with Crippen molar-refractivity contribution in [2.24, 2.45) is 0 Å². The van der Waals surface area contributed by atoms with E-state index < -0.39 is 0 Å². The Morgan fingerprint density at radius 3 is 2.21 bits per heavy atom. The Hall–Kier alpha value is -2.71. The van der Waals surface area contributed by atoms with E-state index in [1.165, 1.54) is 22.7 Å². The number of carbonyl (C=O) groups is 2. The zero-order chi connectivity index (χ0) is 23.9. The van der Waals surface area contributed by atoms with Gasteiger partial charge in [-0.1, -0.05) is 51.2 Å². The van der Waals surface area contributed by atoms with Gasteiger partial charge in [0.15, 0.2) is 0 Å². The summed E-state index contributed by atoms with van der Waals surface area (Å²) in [5.74, 6) is 12.0. The quantitative estimate of drug-likeness (QED) is 0.158. The molecule has 4 nitrogen and oxygen atoms in total. The third-order valence-electron chi connectivity index (χ3n) is 3.94. The first-order valence-electron chi connectivity index (χ1n) is 10.6. The summed E-state index contributed by atoms with van der Waals surface area (Å²) in [7, 11) is 0. The molecular formula is C26H26O4S3. The number of rotatable bonds is 9. The smallest absolute Gasteiger partial charge is 0.372 e. The number of carbonyl (C=O) groups excluding carboxylic acids is 2. The number of hydrogen-bond donors (Lipinski definition) is 0. The first kappa shape index (κ1) is 26.5. The van der Waals surface area contributed by atoms with Crippen molar-refractivity contribution < 1.29 is 19.1 Å². The summed E-state index contributed by atoms with van der Waals surface area (Å²) in [5.41, 5.74) is 0. The van der Waals surface area contributed by atoms with Gasteiger partial charge in [-0.15, -0.1) is 22.7 Å². The molecule has 0 saturated carbocycles. The van der Waals surface area contributed by atoms with Crippen molar-refractivity contribution >= 4 is 45.7 Å². The number of thioether (sulfide) groups is 1. The summed E-state index contributed by atoms with van der Waals surface area (Å²) in [5, 5.41) is -0.367. The van der Waals surface area contributed by atoms with Crippen LogP contribution in [0.25, 0.3) is 0 Å². The van der Waals surface area contributed by atoms with Crippen LogP contribution in [-0.4, -0.2) is 24.5 Å². The highest BCUT2D eigenvalue weighted by Gasteiger charge is 2.09. The Morgan fingerprint density at radius 1 is 0.939 bits per heavy atom. The summed E-state index contributed by atoms with van der Waals surface area (Å²) in [4.78, 5) is 27.5. The van der Waals surface area contributed by atoms with Gasteiger partial charge < -0.3 is 9.47 Å². The van der Waals surface area contributed by atoms with Gasteiger partial charge in [-0.25, -0.2) is 9.59 Å². The maximum Gasteiger partial charge on any atom is 0.372 e. The van der Waals surface area contributed by atoms with Crippen LogP contribution in [0.5, 0.6) is 0 Å². The maximum atomic E-state index is 12.0. The van der Waals surface area contributed by atoms with Gasteiger partial charge in [0.1, 0.15) is 4.88 Å². The second-order valence-electron chi connectivity index (χ2n) is 6.64. The van der Waals surface area contributed by atoms with Crippen molar-refractivity contribution in [1.29, 1.82) is 0 Å². The molecule has 172 valence electrons. The fourth-order valence-electron chi connectivity index (χ4n) is 2.24. The molecule has 2 rings (SSSR count). The predicted octanol–water partition coefficient (Wildman–Crippen LogP) is 7.26. The second kappa shape index (κ2) is 15.2. The Kier molecular flexibility index (Phi) is 12.2. The van der Waals surface area contributed by atoms with E-state index in [0.717, 1.165) is 52.1 Å². The van der Waals surface area contributed by atoms with E-state index in [1.54, 1.807) is 18.2 Å². The van der Waals surface area contributed by atoms with Gasteiger partial charge in [-0.2, -0.15) is 0 Å². The molecule has 0 unspecified atom stereocenters. The normalized spacial score (nSPS) is 10.4. The van der Waals surface area contributed by atoms with Crippen LogP contribution in [0, 0.1) is 23.7 Å². The molecule has 2 heterocycles. The lowest BCUT2D eigenvalue weighted by atomic mass is 10.3. The van der Waals surface area contributed by atoms with Gasteiger partial charge in [-0.05, 0) is 55.0 Å². The van der Waals surface area contributed by atoms with Crippen LogP contribution < -0.4 is 0 Å². The highest BCUT2D eigenvalue weighted by atomic mass is 32.2. The lowest BCUT2D eigenvalue weighted by molar-refractivity contribution is 0.0505. The van der Waals surface area contributed by atoms with E-state index in [9.17, 15) is 9.59 Å². The van der Waals surface area contributed by atoms with Crippen molar-refractivity contribution in [3.63, 3.8) is 0 Å². The van der Waals surface area contributed by atoms with Gasteiger partial charge in [0.25, 0.3) is 0 Å². The standard InChI is InChI=1S/C26H26O4S3/c1-4-7-18-29-25(27)24-17-16-23(32-24)15-14-22-13-12-21(31-22)11-10-20(9-6-3)33-26(28)30-19-8-5-2/h6,9,12-13,16-17H,3-5,7-8,18-19H2,1-2H3/b20-9-. The van der Waals surface area contributed by atoms with Crippen molar-refractivity contribution in [3.05, 3.63) is 67.4 Å². The van der Waals surface area contributed by atoms with Gasteiger partial charge in [0.2, 0.25) is 0 Å². The molecule has 2 aromatic heterocycles. The van der Waals surface area contributed by atoms with E-state index in [0.29, 0.717) is 23.0 Å². The molecule has 0 bridgehead atoms. The highest BCUT2D eigenvalue weighted by Crippen LogP contribution is 2.21. The molecule has 0 aromatic carbocycles. The lowest BCUT2D eigenvalue weighted by Crippen LogP contribution is -2.03. The van der Waals surface area contributed by atoms with Gasteiger partial charge in [0.05, 0.1) is 32.8 Å². The SMILES string of the molecule is C=C/C=C(/C#Cc1ccc(C#Cc2ccc(C(=O)OCCCC)s2)s1)SC(=O)OCCCC. The van der Waals surface area contributed by atoms with E-state index in [2.05, 4.69) is 37.2 Å². The molecule has 0 amide bonds. The fourth-order valence-corrected chi connectivity index (χ4v) is 4.30. The third-order valence-corrected chi connectivity index (χ3v) is 6.58. The molecule has 0 saturated heterocycles. The van der Waals surface area contributed by atoms with Crippen molar-refractivity contribution in [1.82, 2.24) is 0 Å². The van der Waals surface area contributed by atoms with Gasteiger partial charge in [-0.3, -0.25) is 0 Å². The van der Waals surface area contributed by atoms with Crippen LogP contribution in [0.15, 0.2) is 47.9 Å². The zero-order valence-corrected chi connectivity index (χ0v) is 21.2. The van der Waals surface area contributed by atoms with Crippen LogP contribution in [0.2, 0.25) is 0 Å². The highest BCUT2D eigenvalue weighted by molar-refractivity contribution is 8.16. The Bertz CT molecular complexity index is 1100. The van der Waals surface area contributed by atoms with Crippen LogP contribution in [0.3, 0.4) is 0 Å². The van der Waals surface area contributed by atoms with Gasteiger partial charge >= 0.3 is 11.3 Å². The Morgan fingerprint density at radius 2 is 1.55 bits per heavy atom. The second-order valence-corrected chi connectivity index (χ2v) is 9.78. The van der Waals surface area contributed by atoms with Crippen molar-refractivity contribution in [3.8, 4) is 23.7 Å². The number of esters is 1. The summed E-state index contributed by atoms with van der Waals surface area (Å²) < 4.78 is 10.4. The monoisotopic (exact) mass is 498 g/mol. The molecule has 2 aromatic rings. The molecule has 33 heavy (non-hydrogen) atoms. The molecule has 0 fully saturated rings. The average Bonchev–Trinajstić information content (AvgIpc) is 3.46. The average molecular weight is 499 g/mol. The number of ether oxygens (including phenoxy) is 2. The van der Waals surface area contributed by atoms with Crippen molar-refractivity contribution in [2.45, 2.75) is 39.5 Å². The van der Waals surface area contributed by atoms with E-state index in [1.807, 2.05) is 25.1 Å². The van der Waals surface area contributed by atoms with Gasteiger partial charge in [0, 0.05) is 11.8 Å². The van der Waals surface area contributed by atoms with E-state index >= 15 is 0 Å². The minimum Gasteiger partial charge on any atom is -0.462 e. The zero-order valence-electron chi connectivity index (χ0n) is 18.8. The first-order chi connectivity index (χ1) is 16.0. The van der Waals surface area contributed by atoms with Crippen LogP contribution in [0.4, 0.5) is 4.79 Å². The van der Waals surface area contributed by atoms with E-state index in [-0.39, 0.29) is 11.3 Å². The Labute approximate surface area is 208 Å². The molecule has 0 aliphatic heterocycles. The molecule has 0 radical (unpaired) electrons. The molecule has 0 N–H and O–H groups in total. The largest absolute Gasteiger partial charge is 0.462 e. The molecule has 7 heteroatoms. The fraction of sp³-hybridized carbons (Fsp3) is 0.308. The minimum atomic E-state index is -0.367. The summed E-state index contributed by atoms with van der Waals surface area (Å²) in [6.45, 7) is 8.62. The molecule has 0 aliphatic carbocycles. The molecule has 0 spiro atoms. The number of hydrogen-bond acceptors (Lipinski definition) is 7. The number of thiophene rings is 2. The topological polar surface area (TPSA) is 52.6 Å².